The van der Waals surface area contributed by atoms with Crippen LogP contribution in [0.15, 0.2) is 29.2 Å². The van der Waals surface area contributed by atoms with Gasteiger partial charge < -0.3 is 9.26 Å². The van der Waals surface area contributed by atoms with E-state index in [1.807, 2.05) is 20.8 Å². The van der Waals surface area contributed by atoms with Crippen LogP contribution in [0.2, 0.25) is 0 Å². The monoisotopic (exact) mass is 358 g/mol. The molecule has 1 unspecified atom stereocenters. The number of ether oxygens (including phenoxy) is 1. The maximum absolute atomic E-state index is 12.1. The van der Waals surface area contributed by atoms with E-state index in [4.69, 9.17) is 21.3 Å². The lowest BCUT2D eigenvalue weighted by Gasteiger charge is -2.34. The van der Waals surface area contributed by atoms with Crippen LogP contribution in [0.5, 0.6) is 0 Å². The first-order valence-corrected chi connectivity index (χ1v) is 9.37. The van der Waals surface area contributed by atoms with Crippen molar-refractivity contribution in [1.82, 2.24) is 0 Å². The molecule has 128 valence electrons. The van der Waals surface area contributed by atoms with Gasteiger partial charge in [0.25, 0.3) is 10.1 Å². The van der Waals surface area contributed by atoms with Crippen LogP contribution >= 0.6 is 9.47 Å². The molecule has 0 aromatic heterocycles. The lowest BCUT2D eigenvalue weighted by Crippen LogP contribution is -2.41. The van der Waals surface area contributed by atoms with Gasteiger partial charge in [0, 0.05) is 15.5 Å². The molecule has 0 N–H and O–H groups in total. The van der Waals surface area contributed by atoms with Gasteiger partial charge >= 0.3 is 0 Å². The van der Waals surface area contributed by atoms with E-state index in [0.29, 0.717) is 19.4 Å². The van der Waals surface area contributed by atoms with Crippen LogP contribution < -0.4 is 0 Å². The van der Waals surface area contributed by atoms with Crippen molar-refractivity contribution in [1.29, 1.82) is 0 Å². The van der Waals surface area contributed by atoms with Gasteiger partial charge in [0.15, 0.2) is 0 Å². The Morgan fingerprint density at radius 1 is 1.22 bits per heavy atom. The summed E-state index contributed by atoms with van der Waals surface area (Å²) in [7, 11) is 4.21. The lowest BCUT2D eigenvalue weighted by molar-refractivity contribution is -0.0986. The topological polar surface area (TPSA) is 61.8 Å². The van der Waals surface area contributed by atoms with Crippen molar-refractivity contribution in [2.75, 3.05) is 13.2 Å². The molecule has 2 atom stereocenters. The number of hydrogen-bond donors (Lipinski definition) is 0. The molecule has 1 aromatic carbocycles. The van der Waals surface area contributed by atoms with Crippen molar-refractivity contribution in [3.63, 3.8) is 0 Å². The zero-order valence-corrected chi connectivity index (χ0v) is 15.8. The zero-order valence-electron chi connectivity index (χ0n) is 13.8. The van der Waals surface area contributed by atoms with Crippen LogP contribution in [0.25, 0.3) is 0 Å². The lowest BCUT2D eigenvalue weighted by atomic mass is 9.94. The Bertz CT molecular complexity index is 572. The summed E-state index contributed by atoms with van der Waals surface area (Å²) in [6, 6.07) is 5.56. The van der Waals surface area contributed by atoms with Crippen LogP contribution in [0.1, 0.15) is 32.3 Å². The predicted molar refractivity (Wildman–Crippen MR) is 93.9 cm³/mol. The number of benzene rings is 1. The third-order valence-corrected chi connectivity index (χ3v) is 5.20. The normalized spacial score (nSPS) is 13.9. The molecule has 0 bridgehead atoms. The predicted octanol–water partition coefficient (Wildman–Crippen LogP) is 2.58. The summed E-state index contributed by atoms with van der Waals surface area (Å²) in [5.74, 6) is 0. The minimum Gasteiger partial charge on any atom is -0.377 e. The first-order chi connectivity index (χ1) is 10.8. The van der Waals surface area contributed by atoms with E-state index in [1.54, 1.807) is 12.1 Å². The summed E-state index contributed by atoms with van der Waals surface area (Å²) >= 11 is 0. The van der Waals surface area contributed by atoms with Crippen LogP contribution in [0, 0.1) is 6.92 Å². The third kappa shape index (κ3) is 6.16. The fourth-order valence-corrected chi connectivity index (χ4v) is 3.31. The van der Waals surface area contributed by atoms with Crippen LogP contribution in [0.3, 0.4) is 0 Å². The van der Waals surface area contributed by atoms with Crippen LogP contribution in [-0.2, 0) is 23.6 Å². The highest BCUT2D eigenvalue weighted by molar-refractivity contribution is 7.86. The maximum atomic E-state index is 12.1. The largest absolute Gasteiger partial charge is 0.377 e. The summed E-state index contributed by atoms with van der Waals surface area (Å²) in [6.07, 6.45) is 1.38. The van der Waals surface area contributed by atoms with Crippen LogP contribution in [-0.4, -0.2) is 41.1 Å². The fourth-order valence-electron chi connectivity index (χ4n) is 2.09. The van der Waals surface area contributed by atoms with Crippen molar-refractivity contribution in [3.05, 3.63) is 29.8 Å². The highest BCUT2D eigenvalue weighted by Crippen LogP contribution is 2.24. The summed E-state index contributed by atoms with van der Waals surface area (Å²) in [6.45, 7) is 5.90. The van der Waals surface area contributed by atoms with Crippen molar-refractivity contribution in [3.8, 4) is 0 Å². The summed E-state index contributed by atoms with van der Waals surface area (Å²) in [4.78, 5) is 0.0980. The average Bonchev–Trinajstić information content (AvgIpc) is 2.53. The molecule has 0 saturated carbocycles. The molecule has 23 heavy (non-hydrogen) atoms. The van der Waals surface area contributed by atoms with E-state index in [-0.39, 0.29) is 11.5 Å². The number of hydrogen-bond acceptors (Lipinski definition) is 5. The number of aryl methyl sites for hydroxylation is 1. The van der Waals surface area contributed by atoms with Gasteiger partial charge in [-0.25, -0.2) is 0 Å². The Balaban J connectivity index is 2.67. The van der Waals surface area contributed by atoms with Gasteiger partial charge in [-0.05, 0) is 31.9 Å². The number of rotatable bonds is 10. The van der Waals surface area contributed by atoms with Crippen molar-refractivity contribution in [2.24, 2.45) is 0 Å². The summed E-state index contributed by atoms with van der Waals surface area (Å²) in [5, 5.41) is 0. The molecule has 0 aliphatic carbocycles. The standard InChI is InChI=1S/C15H24BO5PS/c1-4-15(5-2,11-19-22)21-14(16)10-20-23(17,18)13-8-6-12(3)7-9-13/h6-9,14H,4-5,10-11,22H2,1-3H3/t14-/m1/s1. The second-order valence-corrected chi connectivity index (χ2v) is 7.36. The highest BCUT2D eigenvalue weighted by Gasteiger charge is 2.30. The summed E-state index contributed by atoms with van der Waals surface area (Å²) in [5.41, 5.74) is 0.412. The van der Waals surface area contributed by atoms with Crippen LogP contribution in [0.4, 0.5) is 0 Å². The Morgan fingerprint density at radius 3 is 2.26 bits per heavy atom. The third-order valence-electron chi connectivity index (χ3n) is 3.73. The van der Waals surface area contributed by atoms with E-state index >= 15 is 0 Å². The first-order valence-electron chi connectivity index (χ1n) is 7.49. The molecular formula is C15H24BO5PS. The molecule has 2 radical (unpaired) electrons. The molecule has 0 saturated heterocycles. The molecular weight excluding hydrogens is 334 g/mol. The molecule has 0 aliphatic heterocycles. The smallest absolute Gasteiger partial charge is 0.297 e. The SMILES string of the molecule is [B][C@@H](COS(=O)(=O)c1ccc(C)cc1)OC(CC)(CC)COP. The summed E-state index contributed by atoms with van der Waals surface area (Å²) < 4.78 is 40.1. The average molecular weight is 358 g/mol. The molecule has 0 spiro atoms. The molecule has 1 aromatic rings. The van der Waals surface area contributed by atoms with E-state index in [2.05, 4.69) is 9.47 Å². The molecule has 0 aliphatic rings. The van der Waals surface area contributed by atoms with Gasteiger partial charge in [0.05, 0.1) is 23.7 Å². The van der Waals surface area contributed by atoms with E-state index < -0.39 is 21.7 Å². The van der Waals surface area contributed by atoms with Gasteiger partial charge in [0.1, 0.15) is 7.85 Å². The molecule has 1 rings (SSSR count). The van der Waals surface area contributed by atoms with Gasteiger partial charge in [-0.15, -0.1) is 0 Å². The van der Waals surface area contributed by atoms with Crippen molar-refractivity contribution >= 4 is 27.4 Å². The van der Waals surface area contributed by atoms with Crippen molar-refractivity contribution < 1.29 is 21.9 Å². The molecule has 0 fully saturated rings. The second kappa shape index (κ2) is 9.14. The minimum absolute atomic E-state index is 0.0980. The first kappa shape index (κ1) is 20.6. The molecule has 0 amide bonds. The highest BCUT2D eigenvalue weighted by atomic mass is 32.2. The van der Waals surface area contributed by atoms with Gasteiger partial charge in [-0.2, -0.15) is 8.42 Å². The second-order valence-electron chi connectivity index (χ2n) is 5.41. The van der Waals surface area contributed by atoms with E-state index in [0.717, 1.165) is 5.56 Å². The Morgan fingerprint density at radius 2 is 1.78 bits per heavy atom. The Labute approximate surface area is 142 Å². The molecule has 8 heteroatoms. The van der Waals surface area contributed by atoms with E-state index in [9.17, 15) is 8.42 Å². The van der Waals surface area contributed by atoms with Gasteiger partial charge in [0.2, 0.25) is 0 Å². The maximum Gasteiger partial charge on any atom is 0.297 e. The van der Waals surface area contributed by atoms with Gasteiger partial charge in [-0.3, -0.25) is 4.18 Å². The van der Waals surface area contributed by atoms with E-state index in [1.165, 1.54) is 12.1 Å². The molecule has 5 nitrogen and oxygen atoms in total. The zero-order chi connectivity index (χ0) is 17.5. The molecule has 0 heterocycles. The fraction of sp³-hybridized carbons (Fsp3) is 0.600. The van der Waals surface area contributed by atoms with Crippen molar-refractivity contribution in [2.45, 2.75) is 50.1 Å². The minimum atomic E-state index is -3.85. The van der Waals surface area contributed by atoms with Gasteiger partial charge in [-0.1, -0.05) is 31.5 Å². The quantitative estimate of drug-likeness (QED) is 0.366. The Kier molecular flexibility index (Phi) is 8.18. The Hall–Kier alpha value is -0.455.